The molecule has 0 bridgehead atoms. The molecule has 1 N–H and O–H groups in total. The number of carbonyl (C=O) groups is 1. The Labute approximate surface area is 182 Å². The maximum absolute atomic E-state index is 11.9. The molecule has 0 aromatic heterocycles. The van der Waals surface area contributed by atoms with Crippen molar-refractivity contribution in [2.45, 2.75) is 143 Å². The number of aliphatic hydroxyl groups is 1. The van der Waals surface area contributed by atoms with Crippen molar-refractivity contribution in [1.29, 1.82) is 0 Å². The average Bonchev–Trinajstić information content (AvgIpc) is 2.75. The first-order valence-corrected chi connectivity index (χ1v) is 12.9. The molecule has 3 heteroatoms. The van der Waals surface area contributed by atoms with E-state index in [4.69, 9.17) is 4.74 Å². The lowest BCUT2D eigenvalue weighted by atomic mass is 9.84. The Morgan fingerprint density at radius 2 is 1.03 bits per heavy atom. The Morgan fingerprint density at radius 1 is 0.655 bits per heavy atom. The Morgan fingerprint density at radius 3 is 1.38 bits per heavy atom. The van der Waals surface area contributed by atoms with E-state index in [9.17, 15) is 9.90 Å². The SMILES string of the molecule is CCCCCCCCCCCCCCCCCCC(=O)OCC(CC)(CC)CO. The summed E-state index contributed by atoms with van der Waals surface area (Å²) in [7, 11) is 0. The zero-order valence-corrected chi connectivity index (χ0v) is 20.1. The Bertz CT molecular complexity index is 342. The van der Waals surface area contributed by atoms with Gasteiger partial charge in [-0.05, 0) is 19.3 Å². The van der Waals surface area contributed by atoms with Gasteiger partial charge in [0.25, 0.3) is 0 Å². The van der Waals surface area contributed by atoms with Crippen molar-refractivity contribution >= 4 is 5.97 Å². The van der Waals surface area contributed by atoms with Gasteiger partial charge in [-0.25, -0.2) is 0 Å². The third kappa shape index (κ3) is 16.9. The molecule has 0 heterocycles. The standard InChI is InChI=1S/C26H52O3/c1-4-7-8-9-10-11-12-13-14-15-16-17-18-19-20-21-22-25(28)29-24-26(5-2,6-3)23-27/h27H,4-24H2,1-3H3. The molecule has 0 saturated heterocycles. The molecule has 0 saturated carbocycles. The summed E-state index contributed by atoms with van der Waals surface area (Å²) in [5.41, 5.74) is -0.246. The van der Waals surface area contributed by atoms with Crippen LogP contribution < -0.4 is 0 Å². The summed E-state index contributed by atoms with van der Waals surface area (Å²) < 4.78 is 5.41. The fourth-order valence-electron chi connectivity index (χ4n) is 3.85. The molecular weight excluding hydrogens is 360 g/mol. The van der Waals surface area contributed by atoms with Crippen molar-refractivity contribution in [3.8, 4) is 0 Å². The van der Waals surface area contributed by atoms with Crippen molar-refractivity contribution in [2.24, 2.45) is 5.41 Å². The largest absolute Gasteiger partial charge is 0.465 e. The number of hydrogen-bond donors (Lipinski definition) is 1. The molecule has 0 aliphatic rings. The van der Waals surface area contributed by atoms with E-state index in [2.05, 4.69) is 6.92 Å². The first kappa shape index (κ1) is 28.4. The maximum Gasteiger partial charge on any atom is 0.305 e. The van der Waals surface area contributed by atoms with Gasteiger partial charge in [0.2, 0.25) is 0 Å². The van der Waals surface area contributed by atoms with Gasteiger partial charge in [0.1, 0.15) is 0 Å². The van der Waals surface area contributed by atoms with Crippen LogP contribution in [0, 0.1) is 5.41 Å². The van der Waals surface area contributed by atoms with Crippen LogP contribution in [0.4, 0.5) is 0 Å². The molecular formula is C26H52O3. The molecule has 0 aromatic rings. The Hall–Kier alpha value is -0.570. The summed E-state index contributed by atoms with van der Waals surface area (Å²) in [5.74, 6) is -0.102. The lowest BCUT2D eigenvalue weighted by molar-refractivity contribution is -0.148. The van der Waals surface area contributed by atoms with Crippen LogP contribution in [-0.2, 0) is 9.53 Å². The third-order valence-corrected chi connectivity index (χ3v) is 6.61. The highest BCUT2D eigenvalue weighted by Gasteiger charge is 2.27. The molecule has 0 rings (SSSR count). The number of esters is 1. The molecule has 0 fully saturated rings. The van der Waals surface area contributed by atoms with Crippen LogP contribution in [0.25, 0.3) is 0 Å². The van der Waals surface area contributed by atoms with Crippen LogP contribution in [0.3, 0.4) is 0 Å². The van der Waals surface area contributed by atoms with Crippen LogP contribution in [0.2, 0.25) is 0 Å². The highest BCUT2D eigenvalue weighted by molar-refractivity contribution is 5.69. The molecule has 0 aromatic carbocycles. The summed E-state index contributed by atoms with van der Waals surface area (Å²) in [6, 6.07) is 0. The fraction of sp³-hybridized carbons (Fsp3) is 0.962. The van der Waals surface area contributed by atoms with E-state index in [0.717, 1.165) is 25.7 Å². The predicted octanol–water partition coefficient (Wildman–Crippen LogP) is 7.98. The second-order valence-electron chi connectivity index (χ2n) is 9.08. The second kappa shape index (κ2) is 20.7. The molecule has 29 heavy (non-hydrogen) atoms. The normalized spacial score (nSPS) is 11.7. The van der Waals surface area contributed by atoms with Gasteiger partial charge in [-0.2, -0.15) is 0 Å². The number of carbonyl (C=O) groups excluding carboxylic acids is 1. The van der Waals surface area contributed by atoms with Crippen LogP contribution in [0.15, 0.2) is 0 Å². The second-order valence-corrected chi connectivity index (χ2v) is 9.08. The lowest BCUT2D eigenvalue weighted by Gasteiger charge is -2.28. The molecule has 0 aliphatic carbocycles. The lowest BCUT2D eigenvalue weighted by Crippen LogP contribution is -2.31. The Kier molecular flexibility index (Phi) is 20.3. The van der Waals surface area contributed by atoms with Crippen LogP contribution >= 0.6 is 0 Å². The highest BCUT2D eigenvalue weighted by Crippen LogP contribution is 2.26. The first-order chi connectivity index (χ1) is 14.1. The van der Waals surface area contributed by atoms with Crippen LogP contribution in [0.5, 0.6) is 0 Å². The minimum atomic E-state index is -0.246. The van der Waals surface area contributed by atoms with Gasteiger partial charge in [0.05, 0.1) is 13.2 Å². The van der Waals surface area contributed by atoms with Crippen molar-refractivity contribution in [2.75, 3.05) is 13.2 Å². The number of aliphatic hydroxyl groups excluding tert-OH is 1. The third-order valence-electron chi connectivity index (χ3n) is 6.61. The van der Waals surface area contributed by atoms with E-state index in [1.54, 1.807) is 0 Å². The molecule has 3 nitrogen and oxygen atoms in total. The van der Waals surface area contributed by atoms with Gasteiger partial charge in [0.15, 0.2) is 0 Å². The minimum Gasteiger partial charge on any atom is -0.465 e. The predicted molar refractivity (Wildman–Crippen MR) is 125 cm³/mol. The molecule has 0 radical (unpaired) electrons. The molecule has 0 spiro atoms. The van der Waals surface area contributed by atoms with Crippen LogP contribution in [0.1, 0.15) is 143 Å². The van der Waals surface area contributed by atoms with E-state index < -0.39 is 0 Å². The summed E-state index contributed by atoms with van der Waals surface area (Å²) in [5, 5.41) is 9.52. The molecule has 0 unspecified atom stereocenters. The van der Waals surface area contributed by atoms with Gasteiger partial charge in [-0.3, -0.25) is 4.79 Å². The van der Waals surface area contributed by atoms with Gasteiger partial charge < -0.3 is 9.84 Å². The maximum atomic E-state index is 11.9. The number of hydrogen-bond acceptors (Lipinski definition) is 3. The van der Waals surface area contributed by atoms with E-state index >= 15 is 0 Å². The summed E-state index contributed by atoms with van der Waals surface area (Å²) in [6.45, 7) is 6.81. The van der Waals surface area contributed by atoms with Crippen molar-refractivity contribution in [3.05, 3.63) is 0 Å². The molecule has 174 valence electrons. The molecule has 0 atom stereocenters. The van der Waals surface area contributed by atoms with E-state index in [1.807, 2.05) is 13.8 Å². The monoisotopic (exact) mass is 412 g/mol. The van der Waals surface area contributed by atoms with Crippen molar-refractivity contribution in [3.63, 3.8) is 0 Å². The summed E-state index contributed by atoms with van der Waals surface area (Å²) >= 11 is 0. The zero-order chi connectivity index (χ0) is 21.6. The van der Waals surface area contributed by atoms with E-state index in [-0.39, 0.29) is 18.0 Å². The first-order valence-electron chi connectivity index (χ1n) is 12.9. The summed E-state index contributed by atoms with van der Waals surface area (Å²) in [6.07, 6.45) is 23.6. The van der Waals surface area contributed by atoms with Crippen molar-refractivity contribution < 1.29 is 14.6 Å². The number of ether oxygens (including phenoxy) is 1. The quantitative estimate of drug-likeness (QED) is 0.145. The molecule has 0 amide bonds. The zero-order valence-electron chi connectivity index (χ0n) is 20.1. The van der Waals surface area contributed by atoms with Crippen LogP contribution in [-0.4, -0.2) is 24.3 Å². The number of unbranched alkanes of at least 4 members (excludes halogenated alkanes) is 15. The topological polar surface area (TPSA) is 46.5 Å². The average molecular weight is 413 g/mol. The van der Waals surface area contributed by atoms with E-state index in [0.29, 0.717) is 13.0 Å². The van der Waals surface area contributed by atoms with E-state index in [1.165, 1.54) is 89.9 Å². The smallest absolute Gasteiger partial charge is 0.305 e. The minimum absolute atomic E-state index is 0.0896. The van der Waals surface area contributed by atoms with Gasteiger partial charge >= 0.3 is 5.97 Å². The number of rotatable bonds is 22. The fourth-order valence-corrected chi connectivity index (χ4v) is 3.85. The van der Waals surface area contributed by atoms with Gasteiger partial charge in [-0.1, -0.05) is 117 Å². The van der Waals surface area contributed by atoms with Gasteiger partial charge in [-0.15, -0.1) is 0 Å². The van der Waals surface area contributed by atoms with Gasteiger partial charge in [0, 0.05) is 11.8 Å². The Balaban J connectivity index is 3.34. The summed E-state index contributed by atoms with van der Waals surface area (Å²) in [4.78, 5) is 11.9. The molecule has 0 aliphatic heterocycles. The highest BCUT2D eigenvalue weighted by atomic mass is 16.5. The van der Waals surface area contributed by atoms with Crippen molar-refractivity contribution in [1.82, 2.24) is 0 Å².